The molecule has 0 amide bonds. The minimum Gasteiger partial charge on any atom is -0.493 e. The van der Waals surface area contributed by atoms with Crippen molar-refractivity contribution in [1.29, 1.82) is 5.26 Å². The van der Waals surface area contributed by atoms with Crippen LogP contribution in [-0.4, -0.2) is 50.4 Å². The molecule has 192 valence electrons. The molecule has 36 heavy (non-hydrogen) atoms. The number of likely N-dealkylation sites (tertiary alicyclic amines) is 1. The van der Waals surface area contributed by atoms with Gasteiger partial charge in [0.1, 0.15) is 5.75 Å². The fourth-order valence-corrected chi connectivity index (χ4v) is 4.92. The van der Waals surface area contributed by atoms with E-state index >= 15 is 0 Å². The van der Waals surface area contributed by atoms with Crippen LogP contribution < -0.4 is 10.1 Å². The molecule has 2 fully saturated rings. The number of nitriles is 1. The van der Waals surface area contributed by atoms with Crippen molar-refractivity contribution in [2.24, 2.45) is 11.8 Å². The van der Waals surface area contributed by atoms with Crippen LogP contribution in [0, 0.1) is 30.1 Å². The van der Waals surface area contributed by atoms with Gasteiger partial charge < -0.3 is 19.5 Å². The second-order valence-corrected chi connectivity index (χ2v) is 10.3. The van der Waals surface area contributed by atoms with E-state index in [2.05, 4.69) is 46.6 Å². The molecule has 1 aromatic heterocycles. The summed E-state index contributed by atoms with van der Waals surface area (Å²) in [7, 11) is 3.75. The van der Waals surface area contributed by atoms with E-state index in [1.54, 1.807) is 0 Å². The third kappa shape index (κ3) is 7.09. The molecule has 1 N–H and O–H groups in total. The van der Waals surface area contributed by atoms with Crippen LogP contribution in [0.25, 0.3) is 11.0 Å². The molecule has 0 radical (unpaired) electrons. The maximum atomic E-state index is 9.08. The fourth-order valence-electron chi connectivity index (χ4n) is 4.92. The van der Waals surface area contributed by atoms with E-state index in [9.17, 15) is 0 Å². The zero-order chi connectivity index (χ0) is 25.3. The smallest absolute Gasteiger partial charge is 0.173 e. The molecule has 1 aliphatic heterocycles. The number of aryl methyl sites for hydroxylation is 2. The number of rotatable bonds is 9. The molecule has 2 aliphatic rings. The molecular weight excluding hydrogens is 448 g/mol. The number of nitrogens with one attached hydrogen (secondary N) is 1. The number of benzene rings is 2. The van der Waals surface area contributed by atoms with E-state index in [4.69, 9.17) is 14.5 Å². The van der Waals surface area contributed by atoms with Crippen molar-refractivity contribution in [3.05, 3.63) is 58.8 Å². The standard InChI is InChI=1S/C28H33N3O2.C2H7N/c1-20-27(32-19-23-5-6-23)10-8-25-26(30-33-28(20)25)9-7-21-11-14-31(15-12-21)16-13-22-3-2-4-24(17-22)18-29;1-3-2/h2-4,8,10,17,21,23H,5-7,9,11-16,19H2,1H3;3H,1-2H3. The summed E-state index contributed by atoms with van der Waals surface area (Å²) in [6, 6.07) is 14.4. The predicted molar refractivity (Wildman–Crippen MR) is 144 cm³/mol. The van der Waals surface area contributed by atoms with Crippen molar-refractivity contribution < 1.29 is 9.26 Å². The molecule has 0 bridgehead atoms. The van der Waals surface area contributed by atoms with Gasteiger partial charge in [-0.3, -0.25) is 0 Å². The van der Waals surface area contributed by atoms with Gasteiger partial charge in [-0.2, -0.15) is 5.26 Å². The second-order valence-electron chi connectivity index (χ2n) is 10.3. The Kier molecular flexibility index (Phi) is 9.38. The number of hydrogen-bond acceptors (Lipinski definition) is 6. The maximum Gasteiger partial charge on any atom is 0.173 e. The van der Waals surface area contributed by atoms with Crippen LogP contribution in [0.4, 0.5) is 0 Å². The van der Waals surface area contributed by atoms with Gasteiger partial charge in [0.2, 0.25) is 0 Å². The topological polar surface area (TPSA) is 74.3 Å². The highest BCUT2D eigenvalue weighted by molar-refractivity contribution is 5.84. The largest absolute Gasteiger partial charge is 0.493 e. The van der Waals surface area contributed by atoms with Crippen molar-refractivity contribution in [1.82, 2.24) is 15.4 Å². The van der Waals surface area contributed by atoms with Crippen molar-refractivity contribution in [2.75, 3.05) is 40.3 Å². The maximum absolute atomic E-state index is 9.08. The number of piperidine rings is 1. The predicted octanol–water partition coefficient (Wildman–Crippen LogP) is 5.52. The highest BCUT2D eigenvalue weighted by Crippen LogP contribution is 2.34. The van der Waals surface area contributed by atoms with Crippen LogP contribution >= 0.6 is 0 Å². The lowest BCUT2D eigenvalue weighted by atomic mass is 9.91. The summed E-state index contributed by atoms with van der Waals surface area (Å²) in [5.74, 6) is 2.42. The van der Waals surface area contributed by atoms with E-state index in [1.165, 1.54) is 37.7 Å². The van der Waals surface area contributed by atoms with Gasteiger partial charge in [0.15, 0.2) is 5.58 Å². The van der Waals surface area contributed by atoms with Crippen molar-refractivity contribution in [3.63, 3.8) is 0 Å². The summed E-state index contributed by atoms with van der Waals surface area (Å²) < 4.78 is 11.7. The third-order valence-electron chi connectivity index (χ3n) is 7.36. The van der Waals surface area contributed by atoms with Crippen LogP contribution in [0.15, 0.2) is 40.9 Å². The van der Waals surface area contributed by atoms with Crippen molar-refractivity contribution >= 4 is 11.0 Å². The van der Waals surface area contributed by atoms with E-state index in [1.807, 2.05) is 32.3 Å². The Bertz CT molecular complexity index is 1150. The Morgan fingerprint density at radius 3 is 2.58 bits per heavy atom. The average Bonchev–Trinajstić information content (AvgIpc) is 3.64. The molecule has 6 heteroatoms. The minimum atomic E-state index is 0.742. The number of nitrogens with zero attached hydrogens (tertiary/aromatic N) is 3. The molecule has 0 atom stereocenters. The Hall–Kier alpha value is -2.88. The van der Waals surface area contributed by atoms with Crippen LogP contribution in [0.2, 0.25) is 0 Å². The van der Waals surface area contributed by atoms with Crippen molar-refractivity contribution in [3.8, 4) is 11.8 Å². The quantitative estimate of drug-likeness (QED) is 0.427. The van der Waals surface area contributed by atoms with Crippen LogP contribution in [0.3, 0.4) is 0 Å². The van der Waals surface area contributed by atoms with E-state index in [-0.39, 0.29) is 0 Å². The molecule has 3 aromatic rings. The molecule has 2 heterocycles. The van der Waals surface area contributed by atoms with Gasteiger partial charge in [0.05, 0.1) is 23.9 Å². The Morgan fingerprint density at radius 2 is 1.86 bits per heavy atom. The Morgan fingerprint density at radius 1 is 1.08 bits per heavy atom. The van der Waals surface area contributed by atoms with Gasteiger partial charge in [0, 0.05) is 17.5 Å². The monoisotopic (exact) mass is 488 g/mol. The molecular formula is C30H40N4O2. The fraction of sp³-hybridized carbons (Fsp3) is 0.533. The molecule has 6 nitrogen and oxygen atoms in total. The molecule has 2 aromatic carbocycles. The first kappa shape index (κ1) is 26.2. The lowest BCUT2D eigenvalue weighted by Crippen LogP contribution is -2.35. The van der Waals surface area contributed by atoms with E-state index in [0.717, 1.165) is 84.5 Å². The first-order valence-corrected chi connectivity index (χ1v) is 13.4. The van der Waals surface area contributed by atoms with Gasteiger partial charge >= 0.3 is 0 Å². The first-order valence-electron chi connectivity index (χ1n) is 13.4. The SMILES string of the molecule is CNC.Cc1c(OCC2CC2)ccc2c(CCC3CCN(CCc4cccc(C#N)c4)CC3)noc12. The van der Waals surface area contributed by atoms with Gasteiger partial charge in [0.25, 0.3) is 0 Å². The lowest BCUT2D eigenvalue weighted by Gasteiger charge is -2.31. The average molecular weight is 489 g/mol. The Labute approximate surface area is 215 Å². The zero-order valence-electron chi connectivity index (χ0n) is 22.1. The molecule has 0 unspecified atom stereocenters. The molecule has 0 spiro atoms. The molecule has 5 rings (SSSR count). The summed E-state index contributed by atoms with van der Waals surface area (Å²) >= 11 is 0. The van der Waals surface area contributed by atoms with Crippen LogP contribution in [-0.2, 0) is 12.8 Å². The first-order chi connectivity index (χ1) is 17.6. The summed E-state index contributed by atoms with van der Waals surface area (Å²) in [6.45, 7) is 6.27. The van der Waals surface area contributed by atoms with Gasteiger partial charge in [-0.05, 0) is 121 Å². The zero-order valence-corrected chi connectivity index (χ0v) is 22.1. The molecule has 1 saturated heterocycles. The number of hydrogen-bond donors (Lipinski definition) is 1. The summed E-state index contributed by atoms with van der Waals surface area (Å²) in [6.07, 6.45) is 8.22. The third-order valence-corrected chi connectivity index (χ3v) is 7.36. The minimum absolute atomic E-state index is 0.742. The second kappa shape index (κ2) is 12.9. The van der Waals surface area contributed by atoms with Crippen LogP contribution in [0.5, 0.6) is 5.75 Å². The molecule has 1 aliphatic carbocycles. The highest BCUT2D eigenvalue weighted by atomic mass is 16.5. The van der Waals surface area contributed by atoms with Gasteiger partial charge in [-0.25, -0.2) is 0 Å². The van der Waals surface area contributed by atoms with Crippen molar-refractivity contribution in [2.45, 2.75) is 51.9 Å². The highest BCUT2D eigenvalue weighted by Gasteiger charge is 2.23. The van der Waals surface area contributed by atoms with Gasteiger partial charge in [-0.1, -0.05) is 17.3 Å². The lowest BCUT2D eigenvalue weighted by molar-refractivity contribution is 0.180. The van der Waals surface area contributed by atoms with E-state index < -0.39 is 0 Å². The summed E-state index contributed by atoms with van der Waals surface area (Å²) in [5.41, 5.74) is 5.05. The number of fused-ring (bicyclic) bond motifs is 1. The number of ether oxygens (including phenoxy) is 1. The van der Waals surface area contributed by atoms with Crippen LogP contribution in [0.1, 0.15) is 54.5 Å². The summed E-state index contributed by atoms with van der Waals surface area (Å²) in [4.78, 5) is 2.56. The summed E-state index contributed by atoms with van der Waals surface area (Å²) in [5, 5.41) is 17.4. The number of aromatic nitrogens is 1. The van der Waals surface area contributed by atoms with Gasteiger partial charge in [-0.15, -0.1) is 0 Å². The molecule has 1 saturated carbocycles. The normalized spacial score (nSPS) is 16.4. The Balaban J connectivity index is 0.000000967. The van der Waals surface area contributed by atoms with E-state index in [0.29, 0.717) is 0 Å².